The summed E-state index contributed by atoms with van der Waals surface area (Å²) in [5.41, 5.74) is 6.01. The summed E-state index contributed by atoms with van der Waals surface area (Å²) in [6.07, 6.45) is 4.25. The van der Waals surface area contributed by atoms with Crippen LogP contribution in [0.1, 0.15) is 40.2 Å². The lowest BCUT2D eigenvalue weighted by Gasteiger charge is -2.49. The summed E-state index contributed by atoms with van der Waals surface area (Å²) in [6, 6.07) is 23.6. The summed E-state index contributed by atoms with van der Waals surface area (Å²) >= 11 is 0. The van der Waals surface area contributed by atoms with Crippen molar-refractivity contribution in [1.29, 1.82) is 0 Å². The van der Waals surface area contributed by atoms with Crippen molar-refractivity contribution in [1.82, 2.24) is 9.90 Å². The predicted molar refractivity (Wildman–Crippen MR) is 136 cm³/mol. The monoisotopic (exact) mass is 422 g/mol. The van der Waals surface area contributed by atoms with Gasteiger partial charge in [-0.3, -0.25) is 5.01 Å². The van der Waals surface area contributed by atoms with Crippen molar-refractivity contribution < 1.29 is 0 Å². The van der Waals surface area contributed by atoms with Crippen molar-refractivity contribution in [3.63, 3.8) is 0 Å². The molecule has 5 heteroatoms. The van der Waals surface area contributed by atoms with Crippen LogP contribution in [0, 0.1) is 5.41 Å². The third-order valence-corrected chi connectivity index (χ3v) is 6.69. The van der Waals surface area contributed by atoms with E-state index in [1.54, 1.807) is 0 Å². The Hall–Kier alpha value is -3.21. The standard InChI is InChI=1S/C27H31BN4/c1-26(2,3)22-19-30(28(6)23-16-11-10-15-21(22)23)32-25-24(17-12-18-29-25)31(27(32,4)5)20-13-8-7-9-14-20/h7-19H,1-6H3. The predicted octanol–water partition coefficient (Wildman–Crippen LogP) is 5.92. The number of allylic oxidation sites excluding steroid dienone is 1. The zero-order valence-electron chi connectivity index (χ0n) is 19.9. The maximum Gasteiger partial charge on any atom is 0.311 e. The number of hydrogen-bond acceptors (Lipinski definition) is 4. The first-order valence-corrected chi connectivity index (χ1v) is 11.4. The molecule has 5 rings (SSSR count). The number of hydrazine groups is 1. The Labute approximate surface area is 192 Å². The van der Waals surface area contributed by atoms with Crippen LogP contribution in [0.3, 0.4) is 0 Å². The average Bonchev–Trinajstić information content (AvgIpc) is 3.00. The molecule has 0 atom stereocenters. The van der Waals surface area contributed by atoms with E-state index in [1.807, 2.05) is 12.3 Å². The molecule has 0 saturated carbocycles. The first-order chi connectivity index (χ1) is 15.2. The van der Waals surface area contributed by atoms with Gasteiger partial charge in [0.25, 0.3) is 0 Å². The van der Waals surface area contributed by atoms with Gasteiger partial charge in [0.1, 0.15) is 5.66 Å². The molecule has 162 valence electrons. The third kappa shape index (κ3) is 3.02. The van der Waals surface area contributed by atoms with Crippen LogP contribution >= 0.6 is 0 Å². The Kier molecular flexibility index (Phi) is 4.63. The number of fused-ring (bicyclic) bond motifs is 2. The van der Waals surface area contributed by atoms with Gasteiger partial charge >= 0.3 is 6.85 Å². The smallest absolute Gasteiger partial charge is 0.311 e. The van der Waals surface area contributed by atoms with Crippen molar-refractivity contribution in [2.75, 3.05) is 9.91 Å². The third-order valence-electron chi connectivity index (χ3n) is 6.69. The van der Waals surface area contributed by atoms with Crippen LogP contribution in [0.25, 0.3) is 5.57 Å². The van der Waals surface area contributed by atoms with Gasteiger partial charge < -0.3 is 9.82 Å². The summed E-state index contributed by atoms with van der Waals surface area (Å²) in [4.78, 5) is 9.67. The minimum atomic E-state index is -0.349. The Morgan fingerprint density at radius 3 is 2.28 bits per heavy atom. The Balaban J connectivity index is 1.71. The van der Waals surface area contributed by atoms with E-state index in [9.17, 15) is 0 Å². The molecule has 0 radical (unpaired) electrons. The van der Waals surface area contributed by atoms with Crippen molar-refractivity contribution in [2.24, 2.45) is 5.41 Å². The fraction of sp³-hybridized carbons (Fsp3) is 0.296. The number of rotatable bonds is 2. The van der Waals surface area contributed by atoms with Crippen molar-refractivity contribution >= 4 is 35.1 Å². The molecule has 2 aliphatic rings. The van der Waals surface area contributed by atoms with Gasteiger partial charge in [-0.2, -0.15) is 0 Å². The van der Waals surface area contributed by atoms with Crippen LogP contribution in [-0.4, -0.2) is 22.4 Å². The highest BCUT2D eigenvalue weighted by Crippen LogP contribution is 2.49. The van der Waals surface area contributed by atoms with Gasteiger partial charge in [0.15, 0.2) is 5.82 Å². The van der Waals surface area contributed by atoms with Gasteiger partial charge in [-0.25, -0.2) is 4.98 Å². The first kappa shape index (κ1) is 20.7. The maximum absolute atomic E-state index is 4.88. The van der Waals surface area contributed by atoms with E-state index >= 15 is 0 Å². The molecule has 0 unspecified atom stereocenters. The van der Waals surface area contributed by atoms with Crippen LogP contribution < -0.4 is 15.4 Å². The number of nitrogens with zero attached hydrogens (tertiary/aromatic N) is 4. The van der Waals surface area contributed by atoms with Gasteiger partial charge in [-0.15, -0.1) is 0 Å². The second kappa shape index (κ2) is 7.16. The van der Waals surface area contributed by atoms with Crippen molar-refractivity contribution in [3.8, 4) is 0 Å². The zero-order chi connectivity index (χ0) is 22.7. The summed E-state index contributed by atoms with van der Waals surface area (Å²) < 4.78 is 0. The van der Waals surface area contributed by atoms with Crippen LogP contribution in [0.5, 0.6) is 0 Å². The van der Waals surface area contributed by atoms with Gasteiger partial charge in [0.2, 0.25) is 0 Å². The van der Waals surface area contributed by atoms with E-state index in [1.165, 1.54) is 22.3 Å². The number of benzene rings is 2. The molecule has 0 bridgehead atoms. The van der Waals surface area contributed by atoms with E-state index in [0.29, 0.717) is 0 Å². The number of pyridine rings is 1. The molecule has 0 amide bonds. The van der Waals surface area contributed by atoms with E-state index in [2.05, 4.69) is 123 Å². The fourth-order valence-electron chi connectivity index (χ4n) is 5.19. The number of anilines is 3. The minimum Gasteiger partial charge on any atom is -0.327 e. The van der Waals surface area contributed by atoms with Crippen LogP contribution in [0.2, 0.25) is 6.82 Å². The van der Waals surface area contributed by atoms with Gasteiger partial charge in [-0.1, -0.05) is 70.1 Å². The molecule has 0 aliphatic carbocycles. The summed E-state index contributed by atoms with van der Waals surface area (Å²) in [5.74, 6) is 0.983. The molecule has 2 aromatic carbocycles. The molecule has 32 heavy (non-hydrogen) atoms. The molecule has 0 saturated heterocycles. The van der Waals surface area contributed by atoms with Crippen LogP contribution in [-0.2, 0) is 0 Å². The Bertz CT molecular complexity index is 1180. The molecule has 0 fully saturated rings. The lowest BCUT2D eigenvalue weighted by Crippen LogP contribution is -2.64. The SMILES string of the molecule is CB1c2ccccc2C(C(C)(C)C)=CN1N1c2ncccc2N(c2ccccc2)C1(C)C. The quantitative estimate of drug-likeness (QED) is 0.478. The lowest BCUT2D eigenvalue weighted by molar-refractivity contribution is 0.365. The highest BCUT2D eigenvalue weighted by atomic mass is 15.7. The van der Waals surface area contributed by atoms with E-state index < -0.39 is 0 Å². The van der Waals surface area contributed by atoms with E-state index in [0.717, 1.165) is 11.5 Å². The van der Waals surface area contributed by atoms with Gasteiger partial charge in [0, 0.05) is 18.1 Å². The van der Waals surface area contributed by atoms with Gasteiger partial charge in [0.05, 0.1) is 5.69 Å². The van der Waals surface area contributed by atoms with E-state index in [-0.39, 0.29) is 17.9 Å². The molecule has 3 aromatic rings. The lowest BCUT2D eigenvalue weighted by atomic mass is 9.53. The number of hydrogen-bond donors (Lipinski definition) is 0. The summed E-state index contributed by atoms with van der Waals surface area (Å²) in [5, 5.41) is 2.38. The second-order valence-corrected chi connectivity index (χ2v) is 10.3. The average molecular weight is 422 g/mol. The molecule has 0 N–H and O–H groups in total. The summed E-state index contributed by atoms with van der Waals surface area (Å²) in [7, 11) is 0. The van der Waals surface area contributed by atoms with Crippen molar-refractivity contribution in [2.45, 2.75) is 47.1 Å². The zero-order valence-corrected chi connectivity index (χ0v) is 19.9. The molecular formula is C27H31BN4. The highest BCUT2D eigenvalue weighted by molar-refractivity contribution is 6.71. The fourth-order valence-corrected chi connectivity index (χ4v) is 5.19. The molecule has 3 heterocycles. The molecule has 2 aliphatic heterocycles. The number of aromatic nitrogens is 1. The van der Waals surface area contributed by atoms with Crippen molar-refractivity contribution in [3.05, 3.63) is 84.7 Å². The second-order valence-electron chi connectivity index (χ2n) is 10.3. The van der Waals surface area contributed by atoms with E-state index in [4.69, 9.17) is 4.98 Å². The van der Waals surface area contributed by atoms with Crippen LogP contribution in [0.15, 0.2) is 79.1 Å². The largest absolute Gasteiger partial charge is 0.327 e. The topological polar surface area (TPSA) is 22.6 Å². The Morgan fingerprint density at radius 2 is 1.56 bits per heavy atom. The maximum atomic E-state index is 4.88. The molecule has 0 spiro atoms. The minimum absolute atomic E-state index is 0.0183. The first-order valence-electron chi connectivity index (χ1n) is 11.4. The summed E-state index contributed by atoms with van der Waals surface area (Å²) in [6.45, 7) is 13.9. The molecule has 4 nitrogen and oxygen atoms in total. The van der Waals surface area contributed by atoms with Crippen LogP contribution in [0.4, 0.5) is 17.2 Å². The Morgan fingerprint density at radius 1 is 0.875 bits per heavy atom. The normalized spacial score (nSPS) is 17.2. The van der Waals surface area contributed by atoms with Gasteiger partial charge in [-0.05, 0) is 60.1 Å². The molecule has 1 aromatic heterocycles. The highest BCUT2D eigenvalue weighted by Gasteiger charge is 2.49. The molecular weight excluding hydrogens is 391 g/mol. The number of para-hydroxylation sites is 1.